The van der Waals surface area contributed by atoms with Crippen molar-refractivity contribution in [1.82, 2.24) is 10.2 Å². The van der Waals surface area contributed by atoms with Crippen molar-refractivity contribution in [3.63, 3.8) is 0 Å². The molecule has 2 aliphatic rings. The predicted octanol–water partition coefficient (Wildman–Crippen LogP) is 1.20. The average Bonchev–Trinajstić information content (AvgIpc) is 2.89. The van der Waals surface area contributed by atoms with Crippen LogP contribution in [0.3, 0.4) is 0 Å². The van der Waals surface area contributed by atoms with E-state index in [9.17, 15) is 9.59 Å². The van der Waals surface area contributed by atoms with Gasteiger partial charge in [0.15, 0.2) is 0 Å². The van der Waals surface area contributed by atoms with Gasteiger partial charge in [-0.15, -0.1) is 0 Å². The zero-order valence-electron chi connectivity index (χ0n) is 11.1. The Balaban J connectivity index is 1.70. The molecule has 0 aromatic rings. The van der Waals surface area contributed by atoms with Gasteiger partial charge in [-0.1, -0.05) is 0 Å². The number of carbonyl (C=O) groups is 2. The maximum atomic E-state index is 11.9. The van der Waals surface area contributed by atoms with Crippen molar-refractivity contribution < 1.29 is 19.4 Å². The van der Waals surface area contributed by atoms with E-state index >= 15 is 0 Å². The summed E-state index contributed by atoms with van der Waals surface area (Å²) >= 11 is 0. The van der Waals surface area contributed by atoms with Gasteiger partial charge in [0.05, 0.1) is 6.10 Å². The van der Waals surface area contributed by atoms with Crippen molar-refractivity contribution in [3.05, 3.63) is 0 Å². The third-order valence-electron chi connectivity index (χ3n) is 3.82. The Labute approximate surface area is 113 Å². The first-order valence-electron chi connectivity index (χ1n) is 7.07. The lowest BCUT2D eigenvalue weighted by atomic mass is 10.1. The molecule has 2 aliphatic heterocycles. The van der Waals surface area contributed by atoms with E-state index in [1.54, 1.807) is 0 Å². The highest BCUT2D eigenvalue weighted by Gasteiger charge is 2.33. The first-order chi connectivity index (χ1) is 9.18. The van der Waals surface area contributed by atoms with E-state index < -0.39 is 12.0 Å². The fourth-order valence-electron chi connectivity index (χ4n) is 2.74. The summed E-state index contributed by atoms with van der Waals surface area (Å²) in [4.78, 5) is 24.3. The summed E-state index contributed by atoms with van der Waals surface area (Å²) in [6.45, 7) is 1.89. The summed E-state index contributed by atoms with van der Waals surface area (Å²) in [5, 5.41) is 11.8. The smallest absolute Gasteiger partial charge is 0.326 e. The molecule has 0 spiro atoms. The van der Waals surface area contributed by atoms with Gasteiger partial charge in [0, 0.05) is 19.7 Å². The van der Waals surface area contributed by atoms with Gasteiger partial charge in [0.25, 0.3) is 0 Å². The van der Waals surface area contributed by atoms with Crippen molar-refractivity contribution in [2.45, 2.75) is 50.7 Å². The molecule has 2 N–H and O–H groups in total. The molecule has 0 saturated carbocycles. The summed E-state index contributed by atoms with van der Waals surface area (Å²) in [6.07, 6.45) is 5.71. The minimum Gasteiger partial charge on any atom is -0.480 e. The Morgan fingerprint density at radius 1 is 1.26 bits per heavy atom. The van der Waals surface area contributed by atoms with E-state index in [1.807, 2.05) is 0 Å². The second-order valence-corrected chi connectivity index (χ2v) is 5.20. The predicted molar refractivity (Wildman–Crippen MR) is 69.0 cm³/mol. The van der Waals surface area contributed by atoms with Crippen molar-refractivity contribution >= 4 is 12.0 Å². The molecule has 2 amide bonds. The number of urea groups is 1. The molecule has 0 bridgehead atoms. The molecular formula is C13H22N2O4. The van der Waals surface area contributed by atoms with Crippen LogP contribution in [0, 0.1) is 0 Å². The van der Waals surface area contributed by atoms with Crippen LogP contribution in [0.1, 0.15) is 38.5 Å². The number of likely N-dealkylation sites (tertiary alicyclic amines) is 1. The molecule has 0 aromatic heterocycles. The molecule has 6 nitrogen and oxygen atoms in total. The van der Waals surface area contributed by atoms with Crippen LogP contribution in [0.2, 0.25) is 0 Å². The topological polar surface area (TPSA) is 78.9 Å². The van der Waals surface area contributed by atoms with Gasteiger partial charge in [-0.3, -0.25) is 0 Å². The zero-order valence-corrected chi connectivity index (χ0v) is 11.1. The average molecular weight is 270 g/mol. The summed E-state index contributed by atoms with van der Waals surface area (Å²) in [5.41, 5.74) is 0. The van der Waals surface area contributed by atoms with Crippen LogP contribution in [-0.4, -0.2) is 53.8 Å². The molecule has 1 unspecified atom stereocenters. The minimum atomic E-state index is -0.914. The summed E-state index contributed by atoms with van der Waals surface area (Å²) in [5.74, 6) is -0.914. The van der Waals surface area contributed by atoms with Crippen molar-refractivity contribution in [1.29, 1.82) is 0 Å². The first kappa shape index (κ1) is 14.1. The number of hydrogen-bond donors (Lipinski definition) is 2. The number of carboxylic acids is 1. The van der Waals surface area contributed by atoms with Crippen LogP contribution in [0.5, 0.6) is 0 Å². The van der Waals surface area contributed by atoms with E-state index in [0.717, 1.165) is 32.3 Å². The SMILES string of the molecule is O=C(O)[C@H]1CCCN1C(=O)NCCC1CCCCO1. The maximum absolute atomic E-state index is 11.9. The minimum absolute atomic E-state index is 0.239. The monoisotopic (exact) mass is 270 g/mol. The van der Waals surface area contributed by atoms with E-state index in [0.29, 0.717) is 19.5 Å². The molecule has 6 heteroatoms. The fourth-order valence-corrected chi connectivity index (χ4v) is 2.74. The standard InChI is InChI=1S/C13H22N2O4/c16-12(17)11-5-3-8-15(11)13(18)14-7-6-10-4-1-2-9-19-10/h10-11H,1-9H2,(H,14,18)(H,16,17)/t10?,11-/m1/s1. The van der Waals surface area contributed by atoms with Crippen molar-refractivity contribution in [3.8, 4) is 0 Å². The fraction of sp³-hybridized carbons (Fsp3) is 0.846. The molecule has 0 radical (unpaired) electrons. The number of amides is 2. The zero-order chi connectivity index (χ0) is 13.7. The lowest BCUT2D eigenvalue weighted by molar-refractivity contribution is -0.141. The van der Waals surface area contributed by atoms with Gasteiger partial charge in [-0.25, -0.2) is 9.59 Å². The second kappa shape index (κ2) is 6.75. The Kier molecular flexibility index (Phi) is 5.01. The molecule has 108 valence electrons. The lowest BCUT2D eigenvalue weighted by Gasteiger charge is -2.24. The molecule has 19 heavy (non-hydrogen) atoms. The number of aliphatic carboxylic acids is 1. The highest BCUT2D eigenvalue weighted by Crippen LogP contribution is 2.18. The number of nitrogens with zero attached hydrogens (tertiary/aromatic N) is 1. The van der Waals surface area contributed by atoms with Gasteiger partial charge >= 0.3 is 12.0 Å². The van der Waals surface area contributed by atoms with Crippen molar-refractivity contribution in [2.75, 3.05) is 19.7 Å². The van der Waals surface area contributed by atoms with Crippen LogP contribution >= 0.6 is 0 Å². The summed E-state index contributed by atoms with van der Waals surface area (Å²) < 4.78 is 5.59. The Morgan fingerprint density at radius 2 is 2.11 bits per heavy atom. The number of ether oxygens (including phenoxy) is 1. The van der Waals surface area contributed by atoms with Gasteiger partial charge in [0.1, 0.15) is 6.04 Å². The van der Waals surface area contributed by atoms with E-state index in [4.69, 9.17) is 9.84 Å². The summed E-state index contributed by atoms with van der Waals surface area (Å²) in [6, 6.07) is -0.924. The quantitative estimate of drug-likeness (QED) is 0.804. The Morgan fingerprint density at radius 3 is 2.79 bits per heavy atom. The van der Waals surface area contributed by atoms with Crippen LogP contribution in [-0.2, 0) is 9.53 Å². The number of rotatable bonds is 4. The lowest BCUT2D eigenvalue weighted by Crippen LogP contribution is -2.46. The van der Waals surface area contributed by atoms with Crippen LogP contribution in [0.25, 0.3) is 0 Å². The largest absolute Gasteiger partial charge is 0.480 e. The third-order valence-corrected chi connectivity index (χ3v) is 3.82. The van der Waals surface area contributed by atoms with E-state index in [2.05, 4.69) is 5.32 Å². The highest BCUT2D eigenvalue weighted by atomic mass is 16.5. The molecule has 2 heterocycles. The Bertz CT molecular complexity index is 329. The molecule has 2 saturated heterocycles. The number of nitrogens with one attached hydrogen (secondary N) is 1. The first-order valence-corrected chi connectivity index (χ1v) is 7.07. The van der Waals surface area contributed by atoms with Crippen LogP contribution in [0.15, 0.2) is 0 Å². The van der Waals surface area contributed by atoms with Crippen LogP contribution < -0.4 is 5.32 Å². The number of hydrogen-bond acceptors (Lipinski definition) is 3. The Hall–Kier alpha value is -1.30. The highest BCUT2D eigenvalue weighted by molar-refractivity contribution is 5.83. The molecule has 0 aromatic carbocycles. The van der Waals surface area contributed by atoms with E-state index in [1.165, 1.54) is 11.3 Å². The normalized spacial score (nSPS) is 27.3. The molecule has 2 rings (SSSR count). The number of carbonyl (C=O) groups excluding carboxylic acids is 1. The van der Waals surface area contributed by atoms with Gasteiger partial charge in [-0.2, -0.15) is 0 Å². The molecular weight excluding hydrogens is 248 g/mol. The maximum Gasteiger partial charge on any atom is 0.326 e. The van der Waals surface area contributed by atoms with Gasteiger partial charge < -0.3 is 20.1 Å². The van der Waals surface area contributed by atoms with Gasteiger partial charge in [0.2, 0.25) is 0 Å². The third kappa shape index (κ3) is 3.83. The summed E-state index contributed by atoms with van der Waals surface area (Å²) in [7, 11) is 0. The number of carboxylic acid groups (broad SMARTS) is 1. The van der Waals surface area contributed by atoms with Gasteiger partial charge in [-0.05, 0) is 38.5 Å². The van der Waals surface area contributed by atoms with Crippen molar-refractivity contribution in [2.24, 2.45) is 0 Å². The molecule has 0 aliphatic carbocycles. The second-order valence-electron chi connectivity index (χ2n) is 5.20. The van der Waals surface area contributed by atoms with E-state index in [-0.39, 0.29) is 12.1 Å². The van der Waals surface area contributed by atoms with Crippen LogP contribution in [0.4, 0.5) is 4.79 Å². The molecule has 2 fully saturated rings. The molecule has 2 atom stereocenters.